The zero-order chi connectivity index (χ0) is 14.8. The molecule has 1 aliphatic rings. The molecule has 1 fully saturated rings. The lowest BCUT2D eigenvalue weighted by Crippen LogP contribution is -2.56. The van der Waals surface area contributed by atoms with Crippen LogP contribution in [-0.4, -0.2) is 59.2 Å². The first-order chi connectivity index (χ1) is 8.68. The van der Waals surface area contributed by atoms with Crippen molar-refractivity contribution in [2.24, 2.45) is 5.92 Å². The Morgan fingerprint density at radius 3 is 2.37 bits per heavy atom. The van der Waals surface area contributed by atoms with Crippen molar-refractivity contribution >= 4 is 12.1 Å². The van der Waals surface area contributed by atoms with E-state index in [2.05, 4.69) is 4.74 Å². The molecule has 2 unspecified atom stereocenters. The van der Waals surface area contributed by atoms with Crippen LogP contribution in [0.25, 0.3) is 0 Å². The minimum absolute atomic E-state index is 0.0360. The van der Waals surface area contributed by atoms with Crippen LogP contribution in [0.4, 0.5) is 18.0 Å². The number of halogens is 3. The fourth-order valence-electron chi connectivity index (χ4n) is 2.12. The van der Waals surface area contributed by atoms with Gasteiger partial charge in [-0.25, -0.2) is 4.79 Å². The Labute approximate surface area is 106 Å². The monoisotopic (exact) mass is 285 g/mol. The summed E-state index contributed by atoms with van der Waals surface area (Å²) in [7, 11) is 1.12. The highest BCUT2D eigenvalue weighted by atomic mass is 19.4. The summed E-state index contributed by atoms with van der Waals surface area (Å²) >= 11 is 0. The first kappa shape index (κ1) is 15.5. The molecule has 1 heterocycles. The molecule has 2 N–H and O–H groups in total. The van der Waals surface area contributed by atoms with Crippen LogP contribution in [0.1, 0.15) is 12.8 Å². The Morgan fingerprint density at radius 1 is 1.37 bits per heavy atom. The number of methoxy groups -OCH3 is 1. The molecule has 1 saturated heterocycles. The van der Waals surface area contributed by atoms with Gasteiger partial charge >= 0.3 is 18.2 Å². The SMILES string of the molecule is COC(=O)C1CCC([C@H](O)C(F)(F)F)N(C(=O)O)C1. The Morgan fingerprint density at radius 2 is 1.95 bits per heavy atom. The van der Waals surface area contributed by atoms with Gasteiger partial charge in [-0.15, -0.1) is 0 Å². The summed E-state index contributed by atoms with van der Waals surface area (Å²) in [5.74, 6) is -1.48. The second-order valence-electron chi connectivity index (χ2n) is 4.29. The van der Waals surface area contributed by atoms with Crippen molar-refractivity contribution in [1.82, 2.24) is 4.90 Å². The predicted octanol–water partition coefficient (Wildman–Crippen LogP) is 0.841. The molecule has 0 aromatic rings. The van der Waals surface area contributed by atoms with Crippen molar-refractivity contribution in [1.29, 1.82) is 0 Å². The zero-order valence-corrected chi connectivity index (χ0v) is 10.1. The van der Waals surface area contributed by atoms with E-state index < -0.39 is 42.8 Å². The molecule has 1 aliphatic heterocycles. The number of nitrogens with zero attached hydrogens (tertiary/aromatic N) is 1. The van der Waals surface area contributed by atoms with Gasteiger partial charge in [0.05, 0.1) is 19.1 Å². The number of carbonyl (C=O) groups is 2. The molecule has 0 spiro atoms. The van der Waals surface area contributed by atoms with E-state index in [9.17, 15) is 22.8 Å². The number of rotatable bonds is 2. The van der Waals surface area contributed by atoms with E-state index >= 15 is 0 Å². The van der Waals surface area contributed by atoms with E-state index in [0.29, 0.717) is 4.90 Å². The van der Waals surface area contributed by atoms with Crippen molar-refractivity contribution in [3.63, 3.8) is 0 Å². The highest BCUT2D eigenvalue weighted by Crippen LogP contribution is 2.32. The first-order valence-electron chi connectivity index (χ1n) is 5.50. The summed E-state index contributed by atoms with van der Waals surface area (Å²) in [4.78, 5) is 22.7. The van der Waals surface area contributed by atoms with E-state index in [1.54, 1.807) is 0 Å². The molecule has 0 aromatic heterocycles. The van der Waals surface area contributed by atoms with Gasteiger partial charge in [0.1, 0.15) is 0 Å². The van der Waals surface area contributed by atoms with Crippen LogP contribution in [0, 0.1) is 5.92 Å². The van der Waals surface area contributed by atoms with Crippen LogP contribution in [0.5, 0.6) is 0 Å². The van der Waals surface area contributed by atoms with E-state index in [-0.39, 0.29) is 12.8 Å². The topological polar surface area (TPSA) is 87.1 Å². The first-order valence-corrected chi connectivity index (χ1v) is 5.50. The lowest BCUT2D eigenvalue weighted by molar-refractivity contribution is -0.223. The molecule has 1 rings (SSSR count). The third-order valence-corrected chi connectivity index (χ3v) is 3.11. The summed E-state index contributed by atoms with van der Waals surface area (Å²) in [6.45, 7) is -0.417. The molecule has 110 valence electrons. The van der Waals surface area contributed by atoms with Crippen molar-refractivity contribution in [3.05, 3.63) is 0 Å². The normalized spacial score (nSPS) is 25.8. The molecule has 0 bridgehead atoms. The van der Waals surface area contributed by atoms with E-state index in [1.807, 2.05) is 0 Å². The lowest BCUT2D eigenvalue weighted by atomic mass is 9.90. The number of hydrogen-bond donors (Lipinski definition) is 2. The van der Waals surface area contributed by atoms with Gasteiger partial charge in [-0.05, 0) is 12.8 Å². The molecular weight excluding hydrogens is 271 g/mol. The van der Waals surface area contributed by atoms with E-state index in [4.69, 9.17) is 10.2 Å². The van der Waals surface area contributed by atoms with E-state index in [0.717, 1.165) is 7.11 Å². The fourth-order valence-corrected chi connectivity index (χ4v) is 2.12. The number of likely N-dealkylation sites (tertiary alicyclic amines) is 1. The maximum atomic E-state index is 12.4. The number of piperidine rings is 1. The lowest BCUT2D eigenvalue weighted by Gasteiger charge is -2.39. The second kappa shape index (κ2) is 5.64. The van der Waals surface area contributed by atoms with Crippen LogP contribution in [0.3, 0.4) is 0 Å². The van der Waals surface area contributed by atoms with Crippen LogP contribution < -0.4 is 0 Å². The zero-order valence-electron chi connectivity index (χ0n) is 10.1. The summed E-state index contributed by atoms with van der Waals surface area (Å²) in [5.41, 5.74) is 0. The van der Waals surface area contributed by atoms with Crippen LogP contribution in [0.2, 0.25) is 0 Å². The maximum Gasteiger partial charge on any atom is 0.416 e. The molecule has 0 aromatic carbocycles. The summed E-state index contributed by atoms with van der Waals surface area (Å²) in [5, 5.41) is 18.1. The van der Waals surface area contributed by atoms with Gasteiger partial charge in [0.15, 0.2) is 6.10 Å². The predicted molar refractivity (Wildman–Crippen MR) is 55.3 cm³/mol. The molecule has 6 nitrogen and oxygen atoms in total. The van der Waals surface area contributed by atoms with Gasteiger partial charge in [-0.2, -0.15) is 13.2 Å². The molecular formula is C10H14F3NO5. The van der Waals surface area contributed by atoms with Crippen LogP contribution in [-0.2, 0) is 9.53 Å². The Balaban J connectivity index is 2.86. The van der Waals surface area contributed by atoms with Crippen LogP contribution in [0.15, 0.2) is 0 Å². The Hall–Kier alpha value is -1.51. The van der Waals surface area contributed by atoms with Crippen molar-refractivity contribution in [3.8, 4) is 0 Å². The smallest absolute Gasteiger partial charge is 0.416 e. The fraction of sp³-hybridized carbons (Fsp3) is 0.800. The maximum absolute atomic E-state index is 12.4. The van der Waals surface area contributed by atoms with Crippen molar-refractivity contribution in [2.75, 3.05) is 13.7 Å². The number of hydrogen-bond acceptors (Lipinski definition) is 4. The number of ether oxygens (including phenoxy) is 1. The summed E-state index contributed by atoms with van der Waals surface area (Å²) in [6, 6.07) is -1.60. The number of carboxylic acid groups (broad SMARTS) is 1. The van der Waals surface area contributed by atoms with Gasteiger partial charge < -0.3 is 19.8 Å². The second-order valence-corrected chi connectivity index (χ2v) is 4.29. The molecule has 19 heavy (non-hydrogen) atoms. The van der Waals surface area contributed by atoms with Crippen molar-refractivity contribution < 1.29 is 37.7 Å². The largest absolute Gasteiger partial charge is 0.469 e. The van der Waals surface area contributed by atoms with Gasteiger partial charge in [-0.1, -0.05) is 0 Å². The third-order valence-electron chi connectivity index (χ3n) is 3.11. The molecule has 9 heteroatoms. The Kier molecular flexibility index (Phi) is 4.61. The molecule has 3 atom stereocenters. The number of amides is 1. The molecule has 0 radical (unpaired) electrons. The number of carbonyl (C=O) groups excluding carboxylic acids is 1. The average molecular weight is 285 g/mol. The quantitative estimate of drug-likeness (QED) is 0.734. The number of aliphatic hydroxyl groups excluding tert-OH is 1. The minimum atomic E-state index is -4.91. The Bertz CT molecular complexity index is 360. The number of alkyl halides is 3. The highest BCUT2D eigenvalue weighted by Gasteiger charge is 2.49. The third kappa shape index (κ3) is 3.49. The van der Waals surface area contributed by atoms with Gasteiger partial charge in [0.2, 0.25) is 0 Å². The summed E-state index contributed by atoms with van der Waals surface area (Å²) < 4.78 is 41.7. The van der Waals surface area contributed by atoms with Gasteiger partial charge in [0.25, 0.3) is 0 Å². The standard InChI is InChI=1S/C10H14F3NO5/c1-19-8(16)5-2-3-6(7(15)10(11,12)13)14(4-5)9(17)18/h5-7,15H,2-4H2,1H3,(H,17,18)/t5?,6?,7-/m0/s1. The number of esters is 1. The van der Waals surface area contributed by atoms with E-state index in [1.165, 1.54) is 0 Å². The molecule has 0 aliphatic carbocycles. The number of aliphatic hydroxyl groups is 1. The highest BCUT2D eigenvalue weighted by molar-refractivity contribution is 5.74. The molecule has 0 saturated carbocycles. The van der Waals surface area contributed by atoms with Gasteiger partial charge in [-0.3, -0.25) is 4.79 Å². The molecule has 1 amide bonds. The minimum Gasteiger partial charge on any atom is -0.469 e. The summed E-state index contributed by atoms with van der Waals surface area (Å²) in [6.07, 6.45) is -9.50. The average Bonchev–Trinajstić information content (AvgIpc) is 2.35. The van der Waals surface area contributed by atoms with Crippen molar-refractivity contribution in [2.45, 2.75) is 31.2 Å². The van der Waals surface area contributed by atoms with Crippen LogP contribution >= 0.6 is 0 Å². The van der Waals surface area contributed by atoms with Gasteiger partial charge in [0, 0.05) is 6.54 Å².